The van der Waals surface area contributed by atoms with E-state index >= 15 is 0 Å². The number of allylic oxidation sites excluding steroid dienone is 4. The molecule has 0 aromatic carbocycles. The molecule has 0 aliphatic rings. The van der Waals surface area contributed by atoms with E-state index < -0.39 is 0 Å². The van der Waals surface area contributed by atoms with Crippen LogP contribution in [0.2, 0.25) is 0 Å². The summed E-state index contributed by atoms with van der Waals surface area (Å²) in [4.78, 5) is 9.71. The van der Waals surface area contributed by atoms with E-state index in [0.29, 0.717) is 0 Å². The maximum absolute atomic E-state index is 9.71. The zero-order valence-electron chi connectivity index (χ0n) is 8.30. The van der Waals surface area contributed by atoms with Crippen LogP contribution in [0.4, 0.5) is 0 Å². The van der Waals surface area contributed by atoms with E-state index in [0.717, 1.165) is 11.9 Å². The Labute approximate surface area is 100 Å². The quantitative estimate of drug-likeness (QED) is 0.183. The van der Waals surface area contributed by atoms with Crippen LogP contribution in [0.15, 0.2) is 23.8 Å². The summed E-state index contributed by atoms with van der Waals surface area (Å²) in [5.41, 5.74) is 1.11. The Morgan fingerprint density at radius 2 is 1.40 bits per heavy atom. The molecule has 0 rings (SSSR count). The molecule has 0 bridgehead atoms. The van der Waals surface area contributed by atoms with E-state index in [1.165, 1.54) is 6.08 Å². The van der Waals surface area contributed by atoms with Gasteiger partial charge in [-0.15, -0.1) is 0 Å². The third-order valence-electron chi connectivity index (χ3n) is 0.893. The van der Waals surface area contributed by atoms with Crippen molar-refractivity contribution < 1.29 is 35.8 Å². The maximum Gasteiger partial charge on any atom is 0 e. The van der Waals surface area contributed by atoms with E-state index in [4.69, 9.17) is 14.0 Å². The van der Waals surface area contributed by atoms with Crippen molar-refractivity contribution in [2.45, 2.75) is 13.8 Å². The fourth-order valence-corrected chi connectivity index (χ4v) is 0.287. The Balaban J connectivity index is -0.0000000410. The van der Waals surface area contributed by atoms with Gasteiger partial charge < -0.3 is 0 Å². The molecule has 0 unspecified atom stereocenters. The van der Waals surface area contributed by atoms with Crippen LogP contribution in [0.5, 0.6) is 0 Å². The zero-order chi connectivity index (χ0) is 12.4. The van der Waals surface area contributed by atoms with Gasteiger partial charge in [0.25, 0.3) is 0 Å². The van der Waals surface area contributed by atoms with Gasteiger partial charge >= 0.3 is 33.9 Å². The van der Waals surface area contributed by atoms with Crippen LogP contribution in [0.1, 0.15) is 13.8 Å². The third-order valence-corrected chi connectivity index (χ3v) is 0.893. The van der Waals surface area contributed by atoms with Crippen molar-refractivity contribution in [1.29, 1.82) is 0 Å². The van der Waals surface area contributed by atoms with Gasteiger partial charge in [0.1, 0.15) is 6.29 Å². The first kappa shape index (κ1) is 29.2. The Kier molecular flexibility index (Phi) is 102. The van der Waals surface area contributed by atoms with E-state index in [1.54, 1.807) is 6.08 Å². The Bertz CT molecular complexity index is 209. The van der Waals surface area contributed by atoms with Crippen LogP contribution in [-0.2, 0) is 35.8 Å². The van der Waals surface area contributed by atoms with Gasteiger partial charge in [-0.3, -0.25) is 4.79 Å². The number of rotatable bonds is 2. The molecule has 0 aromatic heterocycles. The number of hydrogen-bond acceptors (Lipinski definition) is 1. The molecule has 0 saturated heterocycles. The van der Waals surface area contributed by atoms with Crippen molar-refractivity contribution in [1.82, 2.24) is 0 Å². The summed E-state index contributed by atoms with van der Waals surface area (Å²) < 4.78 is 22.5. The second-order valence-corrected chi connectivity index (χ2v) is 1.53. The number of aldehydes is 1. The summed E-state index contributed by atoms with van der Waals surface area (Å²) in [6, 6.07) is 0. The Morgan fingerprint density at radius 1 is 1.07 bits per heavy atom. The van der Waals surface area contributed by atoms with E-state index in [1.807, 2.05) is 19.9 Å². The molecule has 82 valence electrons. The molecule has 0 atom stereocenters. The van der Waals surface area contributed by atoms with Crippen LogP contribution in [0, 0.1) is 20.0 Å². The molecule has 0 radical (unpaired) electrons. The summed E-state index contributed by atoms with van der Waals surface area (Å²) in [6.45, 7) is 17.4. The van der Waals surface area contributed by atoms with E-state index in [9.17, 15) is 4.79 Å². The van der Waals surface area contributed by atoms with Gasteiger partial charge in [0.2, 0.25) is 0 Å². The minimum absolute atomic E-state index is 0. The largest absolute Gasteiger partial charge is 0 e. The Hall–Kier alpha value is -1.11. The average Bonchev–Trinajstić information content (AvgIpc) is 2.33. The van der Waals surface area contributed by atoms with Crippen LogP contribution in [0.25, 0.3) is 0 Å². The van der Waals surface area contributed by atoms with Crippen molar-refractivity contribution in [3.05, 3.63) is 43.8 Å². The Morgan fingerprint density at radius 3 is 1.60 bits per heavy atom. The van der Waals surface area contributed by atoms with Crippen molar-refractivity contribution in [3.63, 3.8) is 0 Å². The maximum atomic E-state index is 9.71. The minimum atomic E-state index is 0. The first-order chi connectivity index (χ1) is 6.81. The molecule has 0 aromatic rings. The topological polar surface area (TPSA) is 76.8 Å². The molecular formula is C10H10FeO4. The molecule has 0 heterocycles. The molecule has 0 aliphatic heterocycles. The van der Waals surface area contributed by atoms with E-state index in [2.05, 4.69) is 20.0 Å². The van der Waals surface area contributed by atoms with Gasteiger partial charge in [-0.05, 0) is 19.9 Å². The molecule has 15 heavy (non-hydrogen) atoms. The number of hydrogen-bond donors (Lipinski definition) is 0. The van der Waals surface area contributed by atoms with Gasteiger partial charge in [-0.25, -0.2) is 0 Å². The second-order valence-electron chi connectivity index (χ2n) is 1.53. The molecular weight excluding hydrogens is 240 g/mol. The first-order valence-corrected chi connectivity index (χ1v) is 3.17. The fraction of sp³-hybridized carbons (Fsp3) is 0.200. The fourth-order valence-electron chi connectivity index (χ4n) is 0.287. The predicted octanol–water partition coefficient (Wildman–Crippen LogP) is 1.59. The summed E-state index contributed by atoms with van der Waals surface area (Å²) in [6.07, 6.45) is 5.97. The smallest absolute Gasteiger partial charge is 0 e. The van der Waals surface area contributed by atoms with Gasteiger partial charge in [0.05, 0.1) is 0 Å². The average molecular weight is 250 g/mol. The molecule has 0 fully saturated rings. The normalized spacial score (nSPS) is 7.07. The van der Waals surface area contributed by atoms with Gasteiger partial charge in [0.15, 0.2) is 0 Å². The molecule has 0 N–H and O–H groups in total. The first-order valence-electron chi connectivity index (χ1n) is 3.17. The SMILES string of the molecule is C/C=C(C)/C=C/C=O.[C-]#[O+].[C-]#[O+].[C-]#[O+].[Fe]. The second kappa shape index (κ2) is 52.5. The molecule has 0 saturated carbocycles. The van der Waals surface area contributed by atoms with Crippen LogP contribution >= 0.6 is 0 Å². The standard InChI is InChI=1S/C7H10O.3CO.Fe/c1-3-7(2)5-4-6-8;3*1-2;/h3-6H,1-2H3;;;;/b5-4+,7-3+;;;;. The summed E-state index contributed by atoms with van der Waals surface area (Å²) in [7, 11) is 0. The van der Waals surface area contributed by atoms with Crippen LogP contribution in [0.3, 0.4) is 0 Å². The summed E-state index contributed by atoms with van der Waals surface area (Å²) in [5.74, 6) is 0. The van der Waals surface area contributed by atoms with Gasteiger partial charge in [-0.1, -0.05) is 17.7 Å². The molecule has 5 heteroatoms. The number of carbonyl (C=O) groups excluding carboxylic acids is 1. The van der Waals surface area contributed by atoms with Crippen molar-refractivity contribution in [3.8, 4) is 0 Å². The summed E-state index contributed by atoms with van der Waals surface area (Å²) in [5, 5.41) is 0. The number of carbonyl (C=O) groups is 1. The third kappa shape index (κ3) is 63.9. The van der Waals surface area contributed by atoms with Crippen LogP contribution in [-0.4, -0.2) is 6.29 Å². The molecule has 0 aliphatic carbocycles. The predicted molar refractivity (Wildman–Crippen MR) is 46.4 cm³/mol. The van der Waals surface area contributed by atoms with Gasteiger partial charge in [0, 0.05) is 17.1 Å². The molecule has 4 nitrogen and oxygen atoms in total. The monoisotopic (exact) mass is 250 g/mol. The molecule has 0 amide bonds. The van der Waals surface area contributed by atoms with Crippen LogP contribution < -0.4 is 0 Å². The van der Waals surface area contributed by atoms with Gasteiger partial charge in [-0.2, -0.15) is 0 Å². The van der Waals surface area contributed by atoms with Crippen molar-refractivity contribution in [2.75, 3.05) is 0 Å². The minimum Gasteiger partial charge on any atom is 0 e. The van der Waals surface area contributed by atoms with Crippen molar-refractivity contribution >= 4 is 6.29 Å². The molecule has 0 spiro atoms. The van der Waals surface area contributed by atoms with Crippen molar-refractivity contribution in [2.24, 2.45) is 0 Å². The van der Waals surface area contributed by atoms with E-state index in [-0.39, 0.29) is 17.1 Å². The zero-order valence-corrected chi connectivity index (χ0v) is 9.40. The summed E-state index contributed by atoms with van der Waals surface area (Å²) >= 11 is 0.